The predicted molar refractivity (Wildman–Crippen MR) is 118 cm³/mol. The van der Waals surface area contributed by atoms with Gasteiger partial charge in [0.25, 0.3) is 5.56 Å². The largest absolute Gasteiger partial charge is 0.353 e. The molecule has 4 atom stereocenters. The molecule has 2 fully saturated rings. The lowest BCUT2D eigenvalue weighted by Crippen LogP contribution is -2.41. The van der Waals surface area contributed by atoms with Crippen LogP contribution in [0, 0.1) is 17.8 Å². The van der Waals surface area contributed by atoms with Gasteiger partial charge in [-0.3, -0.25) is 14.2 Å². The molecule has 0 radical (unpaired) electrons. The second kappa shape index (κ2) is 8.52. The molecule has 2 bridgehead atoms. The highest BCUT2D eigenvalue weighted by molar-refractivity contribution is 7.99. The van der Waals surface area contributed by atoms with Crippen LogP contribution in [0.4, 0.5) is 0 Å². The first kappa shape index (κ1) is 20.5. The van der Waals surface area contributed by atoms with E-state index in [1.807, 2.05) is 0 Å². The van der Waals surface area contributed by atoms with Crippen molar-refractivity contribution in [2.45, 2.75) is 50.4 Å². The van der Waals surface area contributed by atoms with Crippen molar-refractivity contribution in [3.8, 4) is 0 Å². The Morgan fingerprint density at radius 2 is 2.28 bits per heavy atom. The van der Waals surface area contributed by atoms with Gasteiger partial charge in [0.15, 0.2) is 5.16 Å². The van der Waals surface area contributed by atoms with Gasteiger partial charge < -0.3 is 5.32 Å². The van der Waals surface area contributed by atoms with Gasteiger partial charge in [0.2, 0.25) is 5.91 Å². The van der Waals surface area contributed by atoms with E-state index in [1.54, 1.807) is 28.8 Å². The number of nitrogens with one attached hydrogen (secondary N) is 1. The molecule has 1 N–H and O–H groups in total. The number of carbonyl (C=O) groups excluding carboxylic acids is 1. The molecule has 7 heteroatoms. The Morgan fingerprint density at radius 1 is 1.45 bits per heavy atom. The Hall–Kier alpha value is -1.79. The number of benzene rings is 1. The second-order valence-corrected chi connectivity index (χ2v) is 9.62. The molecule has 1 amide bonds. The van der Waals surface area contributed by atoms with Crippen molar-refractivity contribution in [2.24, 2.45) is 17.8 Å². The molecule has 1 heterocycles. The summed E-state index contributed by atoms with van der Waals surface area (Å²) in [6, 6.07) is 5.24. The zero-order valence-corrected chi connectivity index (χ0v) is 18.1. The van der Waals surface area contributed by atoms with Crippen LogP contribution in [0.2, 0.25) is 5.02 Å². The van der Waals surface area contributed by atoms with Crippen molar-refractivity contribution >= 4 is 40.2 Å². The van der Waals surface area contributed by atoms with Crippen LogP contribution in [0.1, 0.15) is 32.6 Å². The van der Waals surface area contributed by atoms with E-state index in [0.29, 0.717) is 33.5 Å². The molecule has 2 aromatic rings. The van der Waals surface area contributed by atoms with E-state index < -0.39 is 0 Å². The molecule has 4 unspecified atom stereocenters. The van der Waals surface area contributed by atoms with E-state index in [0.717, 1.165) is 11.8 Å². The number of carbonyl (C=O) groups is 1. The van der Waals surface area contributed by atoms with Crippen molar-refractivity contribution < 1.29 is 4.79 Å². The molecular formula is C22H26ClN3O2S. The quantitative estimate of drug-likeness (QED) is 0.404. The van der Waals surface area contributed by atoms with E-state index in [2.05, 4.69) is 23.8 Å². The van der Waals surface area contributed by atoms with Gasteiger partial charge in [0, 0.05) is 17.6 Å². The molecular weight excluding hydrogens is 406 g/mol. The summed E-state index contributed by atoms with van der Waals surface area (Å²) in [5.41, 5.74) is 0.394. The molecule has 0 spiro atoms. The fourth-order valence-electron chi connectivity index (χ4n) is 5.01. The van der Waals surface area contributed by atoms with Gasteiger partial charge in [-0.15, -0.1) is 6.58 Å². The Balaban J connectivity index is 1.46. The minimum Gasteiger partial charge on any atom is -0.353 e. The van der Waals surface area contributed by atoms with Crippen molar-refractivity contribution in [1.29, 1.82) is 0 Å². The van der Waals surface area contributed by atoms with Crippen LogP contribution in [0.15, 0.2) is 40.8 Å². The highest BCUT2D eigenvalue weighted by atomic mass is 35.5. The summed E-state index contributed by atoms with van der Waals surface area (Å²) in [4.78, 5) is 30.0. The number of nitrogens with zero attached hydrogens (tertiary/aromatic N) is 2. The maximum Gasteiger partial charge on any atom is 0.262 e. The number of fused-ring (bicyclic) bond motifs is 3. The maximum atomic E-state index is 12.8. The lowest BCUT2D eigenvalue weighted by molar-refractivity contribution is -0.119. The number of hydrogen-bond acceptors (Lipinski definition) is 4. The molecule has 4 rings (SSSR count). The highest BCUT2D eigenvalue weighted by Gasteiger charge is 2.42. The normalized spacial score (nSPS) is 24.0. The Kier molecular flexibility index (Phi) is 6.02. The summed E-state index contributed by atoms with van der Waals surface area (Å²) < 4.78 is 1.56. The SMILES string of the molecule is C=CCn1c(SCC(=O)NC(C)C2CC3CCC2C3)nc2cc(Cl)ccc2c1=O. The van der Waals surface area contributed by atoms with Gasteiger partial charge in [0.05, 0.1) is 16.7 Å². The highest BCUT2D eigenvalue weighted by Crippen LogP contribution is 2.49. The summed E-state index contributed by atoms with van der Waals surface area (Å²) in [7, 11) is 0. The molecule has 1 aromatic carbocycles. The van der Waals surface area contributed by atoms with E-state index in [-0.39, 0.29) is 23.3 Å². The third-order valence-corrected chi connectivity index (χ3v) is 7.56. The molecule has 1 aromatic heterocycles. The predicted octanol–water partition coefficient (Wildman–Crippen LogP) is 4.27. The zero-order valence-electron chi connectivity index (χ0n) is 16.6. The smallest absolute Gasteiger partial charge is 0.262 e. The lowest BCUT2D eigenvalue weighted by atomic mass is 9.84. The van der Waals surface area contributed by atoms with Crippen molar-refractivity contribution in [3.63, 3.8) is 0 Å². The maximum absolute atomic E-state index is 12.8. The van der Waals surface area contributed by atoms with Crippen LogP contribution >= 0.6 is 23.4 Å². The molecule has 5 nitrogen and oxygen atoms in total. The molecule has 0 aliphatic heterocycles. The molecule has 2 aliphatic carbocycles. The Morgan fingerprint density at radius 3 is 2.97 bits per heavy atom. The third kappa shape index (κ3) is 4.24. The number of hydrogen-bond donors (Lipinski definition) is 1. The van der Waals surface area contributed by atoms with Crippen LogP contribution in [0.25, 0.3) is 10.9 Å². The number of allylic oxidation sites excluding steroid dienone is 1. The molecule has 2 saturated carbocycles. The summed E-state index contributed by atoms with van der Waals surface area (Å²) in [6.45, 7) is 6.20. The fourth-order valence-corrected chi connectivity index (χ4v) is 6.00. The molecule has 0 saturated heterocycles. The first-order valence-electron chi connectivity index (χ1n) is 10.2. The first-order valence-corrected chi connectivity index (χ1v) is 11.6. The number of halogens is 1. The first-order chi connectivity index (χ1) is 14.0. The van der Waals surface area contributed by atoms with E-state index >= 15 is 0 Å². The molecule has 29 heavy (non-hydrogen) atoms. The van der Waals surface area contributed by atoms with E-state index in [1.165, 1.54) is 37.4 Å². The average Bonchev–Trinajstić information content (AvgIpc) is 3.32. The zero-order chi connectivity index (χ0) is 20.5. The molecule has 154 valence electrons. The van der Waals surface area contributed by atoms with Gasteiger partial charge in [-0.05, 0) is 62.1 Å². The van der Waals surface area contributed by atoms with Gasteiger partial charge in [0.1, 0.15) is 0 Å². The average molecular weight is 432 g/mol. The number of aromatic nitrogens is 2. The van der Waals surface area contributed by atoms with Crippen LogP contribution in [-0.2, 0) is 11.3 Å². The van der Waals surface area contributed by atoms with Crippen molar-refractivity contribution in [1.82, 2.24) is 14.9 Å². The van der Waals surface area contributed by atoms with Crippen LogP contribution < -0.4 is 10.9 Å². The van der Waals surface area contributed by atoms with Gasteiger partial charge in [-0.2, -0.15) is 0 Å². The lowest BCUT2D eigenvalue weighted by Gasteiger charge is -2.28. The van der Waals surface area contributed by atoms with Gasteiger partial charge in [-0.25, -0.2) is 4.98 Å². The summed E-state index contributed by atoms with van der Waals surface area (Å²) >= 11 is 7.34. The summed E-state index contributed by atoms with van der Waals surface area (Å²) in [6.07, 6.45) is 6.90. The summed E-state index contributed by atoms with van der Waals surface area (Å²) in [5, 5.41) is 4.72. The van der Waals surface area contributed by atoms with E-state index in [4.69, 9.17) is 11.6 Å². The topological polar surface area (TPSA) is 64.0 Å². The number of amides is 1. The third-order valence-electron chi connectivity index (χ3n) is 6.35. The number of thioether (sulfide) groups is 1. The number of rotatable bonds is 7. The van der Waals surface area contributed by atoms with Crippen molar-refractivity contribution in [3.05, 3.63) is 46.2 Å². The monoisotopic (exact) mass is 431 g/mol. The second-order valence-electron chi connectivity index (χ2n) is 8.24. The summed E-state index contributed by atoms with van der Waals surface area (Å²) in [5.74, 6) is 2.44. The van der Waals surface area contributed by atoms with Crippen LogP contribution in [0.3, 0.4) is 0 Å². The minimum absolute atomic E-state index is 0.0177. The molecule has 2 aliphatic rings. The Labute approximate surface area is 179 Å². The van der Waals surface area contributed by atoms with Crippen LogP contribution in [0.5, 0.6) is 0 Å². The minimum atomic E-state index is -0.148. The van der Waals surface area contributed by atoms with E-state index in [9.17, 15) is 9.59 Å². The standard InChI is InChI=1S/C22H26ClN3O2S/c1-3-8-26-21(28)17-7-6-16(23)11-19(17)25-22(26)29-12-20(27)24-13(2)18-10-14-4-5-15(18)9-14/h3,6-7,11,13-15,18H,1,4-5,8-10,12H2,2H3,(H,24,27). The van der Waals surface area contributed by atoms with Gasteiger partial charge in [-0.1, -0.05) is 35.9 Å². The van der Waals surface area contributed by atoms with Gasteiger partial charge >= 0.3 is 0 Å². The van der Waals surface area contributed by atoms with Crippen molar-refractivity contribution in [2.75, 3.05) is 5.75 Å². The Bertz CT molecular complexity index is 1010. The fraction of sp³-hybridized carbons (Fsp3) is 0.500. The van der Waals surface area contributed by atoms with Crippen LogP contribution in [-0.4, -0.2) is 27.3 Å².